The van der Waals surface area contributed by atoms with E-state index in [0.717, 1.165) is 12.0 Å². The van der Waals surface area contributed by atoms with Crippen molar-refractivity contribution in [2.75, 3.05) is 7.05 Å². The van der Waals surface area contributed by atoms with Gasteiger partial charge in [0, 0.05) is 19.1 Å². The fourth-order valence-electron chi connectivity index (χ4n) is 3.47. The van der Waals surface area contributed by atoms with Gasteiger partial charge in [-0.05, 0) is 24.3 Å². The van der Waals surface area contributed by atoms with Crippen molar-refractivity contribution in [3.05, 3.63) is 35.9 Å². The van der Waals surface area contributed by atoms with Gasteiger partial charge in [-0.2, -0.15) is 0 Å². The third kappa shape index (κ3) is 3.65. The van der Waals surface area contributed by atoms with Crippen LogP contribution in [0.1, 0.15) is 51.1 Å². The lowest BCUT2D eigenvalue weighted by Gasteiger charge is -2.38. The molecule has 2 N–H and O–H groups in total. The van der Waals surface area contributed by atoms with Gasteiger partial charge in [-0.3, -0.25) is 4.79 Å². The van der Waals surface area contributed by atoms with Crippen molar-refractivity contribution in [2.45, 2.75) is 51.6 Å². The van der Waals surface area contributed by atoms with E-state index in [9.17, 15) is 4.79 Å². The Morgan fingerprint density at radius 3 is 2.48 bits per heavy atom. The second-order valence-electron chi connectivity index (χ2n) is 6.50. The zero-order valence-electron chi connectivity index (χ0n) is 13.5. The van der Waals surface area contributed by atoms with Crippen LogP contribution in [0.3, 0.4) is 0 Å². The molecule has 3 nitrogen and oxygen atoms in total. The van der Waals surface area contributed by atoms with Crippen LogP contribution in [0.4, 0.5) is 0 Å². The summed E-state index contributed by atoms with van der Waals surface area (Å²) in [6.07, 6.45) is 4.86. The van der Waals surface area contributed by atoms with Crippen LogP contribution in [0.5, 0.6) is 0 Å². The number of rotatable bonds is 4. The second-order valence-corrected chi connectivity index (χ2v) is 6.50. The number of amides is 1. The highest BCUT2D eigenvalue weighted by molar-refractivity contribution is 5.79. The number of carbonyl (C=O) groups is 1. The lowest BCUT2D eigenvalue weighted by atomic mass is 9.84. The van der Waals surface area contributed by atoms with Gasteiger partial charge < -0.3 is 10.6 Å². The number of carbonyl (C=O) groups excluding carboxylic acids is 1. The van der Waals surface area contributed by atoms with Crippen LogP contribution in [0.25, 0.3) is 0 Å². The molecule has 4 atom stereocenters. The van der Waals surface area contributed by atoms with E-state index in [4.69, 9.17) is 5.73 Å². The van der Waals surface area contributed by atoms with Gasteiger partial charge >= 0.3 is 0 Å². The molecule has 1 fully saturated rings. The molecule has 1 amide bonds. The fourth-order valence-corrected chi connectivity index (χ4v) is 3.47. The van der Waals surface area contributed by atoms with Crippen LogP contribution in [0.15, 0.2) is 30.3 Å². The first-order chi connectivity index (χ1) is 10.0. The minimum absolute atomic E-state index is 0.171. The predicted molar refractivity (Wildman–Crippen MR) is 86.7 cm³/mol. The van der Waals surface area contributed by atoms with Crippen LogP contribution in [-0.2, 0) is 4.79 Å². The standard InChI is InChI=1S/C18H28N2O/c1-13-9-7-8-12-16(13)20(3)18(21)14(2)17(19)15-10-5-4-6-11-15/h4-6,10-11,13-14,16-17H,7-9,12,19H2,1-3H3. The summed E-state index contributed by atoms with van der Waals surface area (Å²) < 4.78 is 0. The molecular formula is C18H28N2O. The fraction of sp³-hybridized carbons (Fsp3) is 0.611. The summed E-state index contributed by atoms with van der Waals surface area (Å²) in [5.74, 6) is 0.574. The second kappa shape index (κ2) is 7.08. The van der Waals surface area contributed by atoms with Crippen LogP contribution in [0, 0.1) is 11.8 Å². The molecule has 116 valence electrons. The maximum atomic E-state index is 12.7. The average molecular weight is 288 g/mol. The quantitative estimate of drug-likeness (QED) is 0.923. The Hall–Kier alpha value is -1.35. The Balaban J connectivity index is 2.04. The minimum atomic E-state index is -0.236. The Morgan fingerprint density at radius 2 is 1.86 bits per heavy atom. The van der Waals surface area contributed by atoms with E-state index < -0.39 is 0 Å². The molecular weight excluding hydrogens is 260 g/mol. The van der Waals surface area contributed by atoms with Crippen molar-refractivity contribution < 1.29 is 4.79 Å². The number of hydrogen-bond acceptors (Lipinski definition) is 2. The van der Waals surface area contributed by atoms with Gasteiger partial charge in [0.25, 0.3) is 0 Å². The summed E-state index contributed by atoms with van der Waals surface area (Å²) in [4.78, 5) is 14.7. The van der Waals surface area contributed by atoms with Gasteiger partial charge in [0.15, 0.2) is 0 Å². The molecule has 0 spiro atoms. The van der Waals surface area contributed by atoms with Crippen molar-refractivity contribution >= 4 is 5.91 Å². The summed E-state index contributed by atoms with van der Waals surface area (Å²) in [7, 11) is 1.95. The summed E-state index contributed by atoms with van der Waals surface area (Å²) in [5, 5.41) is 0. The molecule has 0 saturated heterocycles. The first kappa shape index (κ1) is 16.0. The number of nitrogens with zero attached hydrogens (tertiary/aromatic N) is 1. The third-order valence-electron chi connectivity index (χ3n) is 5.02. The monoisotopic (exact) mass is 288 g/mol. The highest BCUT2D eigenvalue weighted by atomic mass is 16.2. The molecule has 0 aromatic heterocycles. The smallest absolute Gasteiger partial charge is 0.227 e. The van der Waals surface area contributed by atoms with E-state index in [2.05, 4.69) is 6.92 Å². The van der Waals surface area contributed by atoms with E-state index in [1.807, 2.05) is 49.2 Å². The number of hydrogen-bond donors (Lipinski definition) is 1. The highest BCUT2D eigenvalue weighted by Gasteiger charge is 2.32. The molecule has 0 aliphatic heterocycles. The molecule has 4 unspecified atom stereocenters. The molecule has 21 heavy (non-hydrogen) atoms. The maximum absolute atomic E-state index is 12.7. The van der Waals surface area contributed by atoms with Crippen molar-refractivity contribution in [2.24, 2.45) is 17.6 Å². The molecule has 1 aliphatic carbocycles. The topological polar surface area (TPSA) is 46.3 Å². The van der Waals surface area contributed by atoms with Crippen molar-refractivity contribution in [3.8, 4) is 0 Å². The Morgan fingerprint density at radius 1 is 1.24 bits per heavy atom. The van der Waals surface area contributed by atoms with Gasteiger partial charge in [-0.1, -0.05) is 57.0 Å². The summed E-state index contributed by atoms with van der Waals surface area (Å²) >= 11 is 0. The first-order valence-electron chi connectivity index (χ1n) is 8.09. The molecule has 3 heteroatoms. The largest absolute Gasteiger partial charge is 0.342 e. The minimum Gasteiger partial charge on any atom is -0.342 e. The number of nitrogens with two attached hydrogens (primary N) is 1. The zero-order chi connectivity index (χ0) is 15.4. The maximum Gasteiger partial charge on any atom is 0.227 e. The van der Waals surface area contributed by atoms with E-state index >= 15 is 0 Å². The van der Waals surface area contributed by atoms with Crippen molar-refractivity contribution in [1.82, 2.24) is 4.90 Å². The molecule has 0 bridgehead atoms. The average Bonchev–Trinajstić information content (AvgIpc) is 2.53. The third-order valence-corrected chi connectivity index (χ3v) is 5.02. The van der Waals surface area contributed by atoms with Gasteiger partial charge in [0.2, 0.25) is 5.91 Å². The van der Waals surface area contributed by atoms with Crippen LogP contribution in [-0.4, -0.2) is 23.9 Å². The predicted octanol–water partition coefficient (Wildman–Crippen LogP) is 3.36. The Kier molecular flexibility index (Phi) is 5.40. The summed E-state index contributed by atoms with van der Waals surface area (Å²) in [6.45, 7) is 4.21. The van der Waals surface area contributed by atoms with Gasteiger partial charge in [-0.25, -0.2) is 0 Å². The molecule has 1 aromatic carbocycles. The first-order valence-corrected chi connectivity index (χ1v) is 8.09. The van der Waals surface area contributed by atoms with Crippen LogP contribution >= 0.6 is 0 Å². The van der Waals surface area contributed by atoms with Gasteiger partial charge in [0.1, 0.15) is 0 Å². The molecule has 1 aliphatic rings. The molecule has 1 saturated carbocycles. The Bertz CT molecular complexity index is 460. The molecule has 0 radical (unpaired) electrons. The van der Waals surface area contributed by atoms with E-state index in [1.54, 1.807) is 0 Å². The summed E-state index contributed by atoms with van der Waals surface area (Å²) in [5.41, 5.74) is 7.32. The molecule has 2 rings (SSSR count). The lowest BCUT2D eigenvalue weighted by Crippen LogP contribution is -2.46. The summed E-state index contributed by atoms with van der Waals surface area (Å²) in [6, 6.07) is 10.0. The van der Waals surface area contributed by atoms with Crippen molar-refractivity contribution in [3.63, 3.8) is 0 Å². The number of benzene rings is 1. The van der Waals surface area contributed by atoms with E-state index in [0.29, 0.717) is 12.0 Å². The molecule has 0 heterocycles. The van der Waals surface area contributed by atoms with Gasteiger partial charge in [0.05, 0.1) is 5.92 Å². The molecule has 1 aromatic rings. The van der Waals surface area contributed by atoms with E-state index in [-0.39, 0.29) is 17.9 Å². The Labute approximate surface area is 128 Å². The SMILES string of the molecule is CC1CCCCC1N(C)C(=O)C(C)C(N)c1ccccc1. The van der Waals surface area contributed by atoms with E-state index in [1.165, 1.54) is 19.3 Å². The van der Waals surface area contributed by atoms with Crippen LogP contribution < -0.4 is 5.73 Å². The highest BCUT2D eigenvalue weighted by Crippen LogP contribution is 2.29. The normalized spacial score (nSPS) is 25.1. The van der Waals surface area contributed by atoms with Crippen molar-refractivity contribution in [1.29, 1.82) is 0 Å². The van der Waals surface area contributed by atoms with Gasteiger partial charge in [-0.15, -0.1) is 0 Å². The zero-order valence-corrected chi connectivity index (χ0v) is 13.5. The lowest BCUT2D eigenvalue weighted by molar-refractivity contribution is -0.138. The van der Waals surface area contributed by atoms with Crippen LogP contribution in [0.2, 0.25) is 0 Å².